The van der Waals surface area contributed by atoms with E-state index in [1.54, 1.807) is 19.2 Å². The molecule has 0 spiro atoms. The average Bonchev–Trinajstić information content (AvgIpc) is 3.24. The number of carbonyl (C=O) groups is 2. The number of nitrogens with zero attached hydrogens (tertiary/aromatic N) is 1. The predicted octanol–water partition coefficient (Wildman–Crippen LogP) is 3.95. The SMILES string of the molecule is CCc1ccc([C@H]2C=C(c3ccc(OC)c(OC)c3)NN2C(=O)CCCC(=O)O)cc1. The van der Waals surface area contributed by atoms with Gasteiger partial charge in [0.15, 0.2) is 11.5 Å². The van der Waals surface area contributed by atoms with Crippen molar-refractivity contribution in [2.24, 2.45) is 0 Å². The van der Waals surface area contributed by atoms with Crippen LogP contribution in [0.2, 0.25) is 0 Å². The number of carbonyl (C=O) groups excluding carboxylic acids is 1. The third kappa shape index (κ3) is 5.17. The van der Waals surface area contributed by atoms with Gasteiger partial charge in [0.05, 0.1) is 26.0 Å². The van der Waals surface area contributed by atoms with Crippen LogP contribution >= 0.6 is 0 Å². The van der Waals surface area contributed by atoms with E-state index in [2.05, 4.69) is 24.5 Å². The second kappa shape index (κ2) is 10.0. The van der Waals surface area contributed by atoms with Crippen LogP contribution in [0.3, 0.4) is 0 Å². The standard InChI is InChI=1S/C24H28N2O5/c1-4-16-8-10-17(11-9-16)20-15-19(18-12-13-21(30-2)22(14-18)31-3)25-26(20)23(27)6-5-7-24(28)29/h8-15,20,25H,4-7H2,1-3H3,(H,28,29)/t20-/m1/s1. The van der Waals surface area contributed by atoms with Crippen molar-refractivity contribution >= 4 is 17.6 Å². The van der Waals surface area contributed by atoms with Gasteiger partial charge in [-0.05, 0) is 48.2 Å². The largest absolute Gasteiger partial charge is 0.493 e. The third-order valence-electron chi connectivity index (χ3n) is 5.32. The molecule has 1 amide bonds. The van der Waals surface area contributed by atoms with Crippen LogP contribution in [-0.2, 0) is 16.0 Å². The number of hydrogen-bond acceptors (Lipinski definition) is 5. The summed E-state index contributed by atoms with van der Waals surface area (Å²) in [5, 5.41) is 10.5. The first-order valence-corrected chi connectivity index (χ1v) is 10.3. The van der Waals surface area contributed by atoms with Crippen LogP contribution in [0.1, 0.15) is 48.9 Å². The molecule has 1 aliphatic rings. The van der Waals surface area contributed by atoms with Gasteiger partial charge >= 0.3 is 5.97 Å². The van der Waals surface area contributed by atoms with Gasteiger partial charge in [-0.15, -0.1) is 0 Å². The van der Waals surface area contributed by atoms with Gasteiger partial charge in [-0.3, -0.25) is 15.0 Å². The summed E-state index contributed by atoms with van der Waals surface area (Å²) in [6.45, 7) is 2.10. The first-order chi connectivity index (χ1) is 15.0. The first-order valence-electron chi connectivity index (χ1n) is 10.3. The first kappa shape index (κ1) is 22.2. The van der Waals surface area contributed by atoms with E-state index in [1.165, 1.54) is 5.56 Å². The van der Waals surface area contributed by atoms with Crippen molar-refractivity contribution in [3.05, 3.63) is 65.2 Å². The van der Waals surface area contributed by atoms with E-state index in [9.17, 15) is 9.59 Å². The molecule has 0 unspecified atom stereocenters. The molecule has 0 saturated carbocycles. The molecule has 1 aliphatic heterocycles. The zero-order valence-electron chi connectivity index (χ0n) is 18.1. The van der Waals surface area contributed by atoms with Crippen LogP contribution in [0.15, 0.2) is 48.5 Å². The van der Waals surface area contributed by atoms with Crippen LogP contribution in [-0.4, -0.2) is 36.2 Å². The van der Waals surface area contributed by atoms with E-state index in [-0.39, 0.29) is 24.8 Å². The number of ether oxygens (including phenoxy) is 2. The fraction of sp³-hybridized carbons (Fsp3) is 0.333. The molecule has 0 aliphatic carbocycles. The van der Waals surface area contributed by atoms with E-state index in [0.29, 0.717) is 17.9 Å². The summed E-state index contributed by atoms with van der Waals surface area (Å²) in [5.74, 6) is 0.159. The van der Waals surface area contributed by atoms with Gasteiger partial charge in [0.25, 0.3) is 0 Å². The van der Waals surface area contributed by atoms with E-state index in [4.69, 9.17) is 14.6 Å². The predicted molar refractivity (Wildman–Crippen MR) is 118 cm³/mol. The summed E-state index contributed by atoms with van der Waals surface area (Å²) in [7, 11) is 3.16. The molecule has 3 rings (SSSR count). The van der Waals surface area contributed by atoms with Gasteiger partial charge in [0, 0.05) is 18.4 Å². The number of carboxylic acids is 1. The number of rotatable bonds is 9. The van der Waals surface area contributed by atoms with Crippen LogP contribution in [0.4, 0.5) is 0 Å². The Labute approximate surface area is 182 Å². The molecule has 0 saturated heterocycles. The molecule has 0 aromatic heterocycles. The molecular formula is C24H28N2O5. The lowest BCUT2D eigenvalue weighted by Gasteiger charge is -2.26. The van der Waals surface area contributed by atoms with Crippen molar-refractivity contribution in [3.8, 4) is 11.5 Å². The highest BCUT2D eigenvalue weighted by molar-refractivity contribution is 5.81. The Balaban J connectivity index is 1.90. The fourth-order valence-electron chi connectivity index (χ4n) is 3.56. The molecule has 0 radical (unpaired) electrons. The molecule has 1 atom stereocenters. The van der Waals surface area contributed by atoms with Crippen molar-refractivity contribution in [2.45, 2.75) is 38.6 Å². The second-order valence-electron chi connectivity index (χ2n) is 7.31. The average molecular weight is 424 g/mol. The molecule has 0 fully saturated rings. The number of hydrazine groups is 1. The molecule has 164 valence electrons. The number of amides is 1. The molecule has 7 heteroatoms. The van der Waals surface area contributed by atoms with E-state index in [0.717, 1.165) is 23.2 Å². The summed E-state index contributed by atoms with van der Waals surface area (Å²) in [6.07, 6.45) is 3.34. The number of benzene rings is 2. The molecule has 2 N–H and O–H groups in total. The maximum atomic E-state index is 12.9. The number of nitrogens with one attached hydrogen (secondary N) is 1. The summed E-state index contributed by atoms with van der Waals surface area (Å²) < 4.78 is 10.7. The number of methoxy groups -OCH3 is 2. The maximum Gasteiger partial charge on any atom is 0.303 e. The topological polar surface area (TPSA) is 88.1 Å². The van der Waals surface area contributed by atoms with E-state index in [1.807, 2.05) is 36.4 Å². The van der Waals surface area contributed by atoms with Crippen molar-refractivity contribution < 1.29 is 24.2 Å². The van der Waals surface area contributed by atoms with Crippen molar-refractivity contribution in [2.75, 3.05) is 14.2 Å². The maximum absolute atomic E-state index is 12.9. The lowest BCUT2D eigenvalue weighted by Crippen LogP contribution is -2.39. The molecular weight excluding hydrogens is 396 g/mol. The van der Waals surface area contributed by atoms with Crippen LogP contribution < -0.4 is 14.9 Å². The Morgan fingerprint density at radius 1 is 1.03 bits per heavy atom. The number of hydrogen-bond donors (Lipinski definition) is 2. The minimum absolute atomic E-state index is 0.0363. The Kier molecular flexibility index (Phi) is 7.18. The molecule has 0 bridgehead atoms. The van der Waals surface area contributed by atoms with Gasteiger partial charge in [-0.25, -0.2) is 5.01 Å². The minimum Gasteiger partial charge on any atom is -0.493 e. The number of carboxylic acid groups (broad SMARTS) is 1. The summed E-state index contributed by atoms with van der Waals surface area (Å²) >= 11 is 0. The zero-order chi connectivity index (χ0) is 22.4. The molecule has 7 nitrogen and oxygen atoms in total. The van der Waals surface area contributed by atoms with Gasteiger partial charge < -0.3 is 14.6 Å². The molecule has 31 heavy (non-hydrogen) atoms. The summed E-state index contributed by atoms with van der Waals surface area (Å²) in [4.78, 5) is 23.8. The highest BCUT2D eigenvalue weighted by atomic mass is 16.5. The van der Waals surface area contributed by atoms with Crippen molar-refractivity contribution in [1.82, 2.24) is 10.4 Å². The molecule has 2 aromatic rings. The van der Waals surface area contributed by atoms with Crippen molar-refractivity contribution in [3.63, 3.8) is 0 Å². The van der Waals surface area contributed by atoms with E-state index >= 15 is 0 Å². The van der Waals surface area contributed by atoms with Crippen LogP contribution in [0.5, 0.6) is 11.5 Å². The lowest BCUT2D eigenvalue weighted by atomic mass is 10.0. The highest BCUT2D eigenvalue weighted by Crippen LogP contribution is 2.35. The third-order valence-corrected chi connectivity index (χ3v) is 5.32. The quantitative estimate of drug-likeness (QED) is 0.634. The Morgan fingerprint density at radius 2 is 1.74 bits per heavy atom. The Bertz CT molecular complexity index is 968. The monoisotopic (exact) mass is 424 g/mol. The smallest absolute Gasteiger partial charge is 0.303 e. The fourth-order valence-corrected chi connectivity index (χ4v) is 3.56. The Hall–Kier alpha value is -3.48. The van der Waals surface area contributed by atoms with Gasteiger partial charge in [-0.1, -0.05) is 31.2 Å². The normalized spacial score (nSPS) is 15.3. The lowest BCUT2D eigenvalue weighted by molar-refractivity contribution is -0.137. The van der Waals surface area contributed by atoms with Crippen molar-refractivity contribution in [1.29, 1.82) is 0 Å². The van der Waals surface area contributed by atoms with Gasteiger partial charge in [0.2, 0.25) is 5.91 Å². The summed E-state index contributed by atoms with van der Waals surface area (Å²) in [5.41, 5.74) is 7.04. The minimum atomic E-state index is -0.905. The molecule has 1 heterocycles. The summed E-state index contributed by atoms with van der Waals surface area (Å²) in [6, 6.07) is 13.4. The van der Waals surface area contributed by atoms with Crippen LogP contribution in [0.25, 0.3) is 5.70 Å². The zero-order valence-corrected chi connectivity index (χ0v) is 18.1. The van der Waals surface area contributed by atoms with Crippen LogP contribution in [0, 0.1) is 0 Å². The Morgan fingerprint density at radius 3 is 2.35 bits per heavy atom. The highest BCUT2D eigenvalue weighted by Gasteiger charge is 2.30. The number of aliphatic carboxylic acids is 1. The molecule has 2 aromatic carbocycles. The number of aryl methyl sites for hydroxylation is 1. The van der Waals surface area contributed by atoms with Gasteiger partial charge in [-0.2, -0.15) is 0 Å². The second-order valence-corrected chi connectivity index (χ2v) is 7.31. The van der Waals surface area contributed by atoms with Gasteiger partial charge in [0.1, 0.15) is 0 Å². The van der Waals surface area contributed by atoms with E-state index < -0.39 is 5.97 Å².